The summed E-state index contributed by atoms with van der Waals surface area (Å²) in [6, 6.07) is 13.1. The maximum absolute atomic E-state index is 13.2. The van der Waals surface area contributed by atoms with Gasteiger partial charge in [0.05, 0.1) is 11.3 Å². The third-order valence-electron chi connectivity index (χ3n) is 4.59. The van der Waals surface area contributed by atoms with Crippen LogP contribution < -0.4 is 10.6 Å². The number of hydrogen-bond donors (Lipinski definition) is 2. The average Bonchev–Trinajstić information content (AvgIpc) is 2.66. The Kier molecular flexibility index (Phi) is 6.28. The van der Waals surface area contributed by atoms with Crippen molar-refractivity contribution in [2.75, 3.05) is 18.4 Å². The molecule has 0 unspecified atom stereocenters. The lowest BCUT2D eigenvalue weighted by Gasteiger charge is -2.32. The monoisotopic (exact) mass is 386 g/mol. The summed E-state index contributed by atoms with van der Waals surface area (Å²) in [5.41, 5.74) is 1.61. The number of carbonyl (C=O) groups excluding carboxylic acids is 1. The molecule has 0 bridgehead atoms. The zero-order valence-electron chi connectivity index (χ0n) is 14.7. The molecule has 1 aliphatic rings. The predicted octanol–water partition coefficient (Wildman–Crippen LogP) is 4.14. The number of nitrogens with one attached hydrogen (secondary N) is 2. The molecule has 3 rings (SSSR count). The Labute approximate surface area is 162 Å². The van der Waals surface area contributed by atoms with Crippen LogP contribution in [0.1, 0.15) is 24.0 Å². The van der Waals surface area contributed by atoms with Gasteiger partial charge in [-0.1, -0.05) is 23.7 Å². The predicted molar refractivity (Wildman–Crippen MR) is 103 cm³/mol. The third-order valence-corrected chi connectivity index (χ3v) is 4.84. The van der Waals surface area contributed by atoms with E-state index in [-0.39, 0.29) is 17.6 Å². The topological polar surface area (TPSA) is 68.2 Å². The molecule has 2 aromatic rings. The van der Waals surface area contributed by atoms with Crippen LogP contribution in [0.15, 0.2) is 42.5 Å². The van der Waals surface area contributed by atoms with Crippen molar-refractivity contribution in [1.82, 2.24) is 10.2 Å². The van der Waals surface area contributed by atoms with Crippen LogP contribution in [0.5, 0.6) is 0 Å². The normalized spacial score (nSPS) is 15.1. The Morgan fingerprint density at radius 1 is 1.22 bits per heavy atom. The van der Waals surface area contributed by atoms with Gasteiger partial charge in [0, 0.05) is 30.7 Å². The molecule has 5 nitrogen and oxygen atoms in total. The number of carbonyl (C=O) groups is 1. The lowest BCUT2D eigenvalue weighted by Crippen LogP contribution is -2.45. The molecule has 27 heavy (non-hydrogen) atoms. The van der Waals surface area contributed by atoms with Gasteiger partial charge in [0.25, 0.3) is 0 Å². The first-order valence-electron chi connectivity index (χ1n) is 8.77. The fourth-order valence-electron chi connectivity index (χ4n) is 3.15. The van der Waals surface area contributed by atoms with Crippen molar-refractivity contribution in [2.24, 2.45) is 0 Å². The van der Waals surface area contributed by atoms with Crippen LogP contribution in [0, 0.1) is 17.1 Å². The van der Waals surface area contributed by atoms with Crippen molar-refractivity contribution in [3.8, 4) is 6.07 Å². The summed E-state index contributed by atoms with van der Waals surface area (Å²) in [5, 5.41) is 15.3. The number of urea groups is 1. The van der Waals surface area contributed by atoms with E-state index in [4.69, 9.17) is 16.9 Å². The largest absolute Gasteiger partial charge is 0.335 e. The van der Waals surface area contributed by atoms with Gasteiger partial charge in [0.15, 0.2) is 0 Å². The fourth-order valence-corrected chi connectivity index (χ4v) is 3.27. The quantitative estimate of drug-likeness (QED) is 0.829. The molecule has 2 aromatic carbocycles. The van der Waals surface area contributed by atoms with E-state index in [0.717, 1.165) is 43.6 Å². The number of nitriles is 1. The number of likely N-dealkylation sites (tertiary alicyclic amines) is 1. The fraction of sp³-hybridized carbons (Fsp3) is 0.300. The van der Waals surface area contributed by atoms with Crippen LogP contribution in [0.4, 0.5) is 14.9 Å². The summed E-state index contributed by atoms with van der Waals surface area (Å²) in [6.07, 6.45) is 1.69. The third kappa shape index (κ3) is 5.43. The Morgan fingerprint density at radius 2 is 1.93 bits per heavy atom. The molecule has 1 aliphatic heterocycles. The molecule has 1 heterocycles. The average molecular weight is 387 g/mol. The van der Waals surface area contributed by atoms with Crippen molar-refractivity contribution in [2.45, 2.75) is 25.4 Å². The highest BCUT2D eigenvalue weighted by Crippen LogP contribution is 2.18. The van der Waals surface area contributed by atoms with Crippen molar-refractivity contribution < 1.29 is 9.18 Å². The van der Waals surface area contributed by atoms with Crippen LogP contribution in [0.25, 0.3) is 0 Å². The van der Waals surface area contributed by atoms with Crippen LogP contribution in [0.2, 0.25) is 5.02 Å². The molecule has 2 N–H and O–H groups in total. The van der Waals surface area contributed by atoms with Gasteiger partial charge in [-0.3, -0.25) is 4.90 Å². The van der Waals surface area contributed by atoms with Gasteiger partial charge in [0.2, 0.25) is 0 Å². The second-order valence-electron chi connectivity index (χ2n) is 6.58. The van der Waals surface area contributed by atoms with E-state index >= 15 is 0 Å². The molecule has 0 radical (unpaired) electrons. The summed E-state index contributed by atoms with van der Waals surface area (Å²) < 4.78 is 13.2. The number of nitrogens with zero attached hydrogens (tertiary/aromatic N) is 2. The molecule has 2 amide bonds. The van der Waals surface area contributed by atoms with Gasteiger partial charge in [-0.15, -0.1) is 0 Å². The van der Waals surface area contributed by atoms with E-state index in [1.165, 1.54) is 17.7 Å². The molecule has 0 atom stereocenters. The minimum atomic E-state index is -0.509. The van der Waals surface area contributed by atoms with Crippen LogP contribution in [0.3, 0.4) is 0 Å². The second kappa shape index (κ2) is 8.85. The van der Waals surface area contributed by atoms with Gasteiger partial charge >= 0.3 is 6.03 Å². The van der Waals surface area contributed by atoms with Gasteiger partial charge in [-0.2, -0.15) is 5.26 Å². The van der Waals surface area contributed by atoms with Crippen LogP contribution in [-0.4, -0.2) is 30.1 Å². The number of anilines is 1. The summed E-state index contributed by atoms with van der Waals surface area (Å²) in [6.45, 7) is 2.62. The van der Waals surface area contributed by atoms with E-state index in [0.29, 0.717) is 5.69 Å². The van der Waals surface area contributed by atoms with Gasteiger partial charge in [-0.05, 0) is 48.7 Å². The maximum Gasteiger partial charge on any atom is 0.319 e. The molecule has 0 aromatic heterocycles. The molecule has 7 heteroatoms. The summed E-state index contributed by atoms with van der Waals surface area (Å²) in [5.74, 6) is -0.509. The van der Waals surface area contributed by atoms with Crippen molar-refractivity contribution in [3.63, 3.8) is 0 Å². The highest BCUT2D eigenvalue weighted by atomic mass is 35.5. The van der Waals surface area contributed by atoms with Crippen molar-refractivity contribution in [3.05, 3.63) is 64.4 Å². The minimum Gasteiger partial charge on any atom is -0.335 e. The first kappa shape index (κ1) is 19.2. The lowest BCUT2D eigenvalue weighted by atomic mass is 10.0. The smallest absolute Gasteiger partial charge is 0.319 e. The first-order valence-corrected chi connectivity index (χ1v) is 9.15. The first-order chi connectivity index (χ1) is 13.0. The van der Waals surface area contributed by atoms with E-state index in [9.17, 15) is 9.18 Å². The van der Waals surface area contributed by atoms with Gasteiger partial charge in [0.1, 0.15) is 11.9 Å². The van der Waals surface area contributed by atoms with Gasteiger partial charge in [-0.25, -0.2) is 9.18 Å². The zero-order chi connectivity index (χ0) is 19.2. The maximum atomic E-state index is 13.2. The summed E-state index contributed by atoms with van der Waals surface area (Å²) in [4.78, 5) is 14.5. The van der Waals surface area contributed by atoms with E-state index < -0.39 is 5.82 Å². The molecule has 0 saturated carbocycles. The highest BCUT2D eigenvalue weighted by molar-refractivity contribution is 6.30. The number of amides is 2. The Balaban J connectivity index is 1.47. The number of piperidine rings is 1. The Hall–Kier alpha value is -2.62. The van der Waals surface area contributed by atoms with Crippen LogP contribution in [-0.2, 0) is 6.54 Å². The summed E-state index contributed by atoms with van der Waals surface area (Å²) >= 11 is 5.91. The molecular formula is C20H20ClFN4O. The molecule has 140 valence electrons. The summed E-state index contributed by atoms with van der Waals surface area (Å²) in [7, 11) is 0. The van der Waals surface area contributed by atoms with E-state index in [2.05, 4.69) is 15.5 Å². The number of hydrogen-bond acceptors (Lipinski definition) is 3. The van der Waals surface area contributed by atoms with Crippen molar-refractivity contribution in [1.29, 1.82) is 5.26 Å². The molecule has 0 aliphatic carbocycles. The number of rotatable bonds is 4. The standard InChI is InChI=1S/C20H20ClFN4O/c21-16-3-1-14(2-4-16)13-26-9-7-18(8-10-26)24-20(27)25-19-6-5-17(22)11-15(19)12-23/h1-6,11,18H,7-10,13H2,(H2,24,25,27). The highest BCUT2D eigenvalue weighted by Gasteiger charge is 2.21. The molecule has 1 saturated heterocycles. The van der Waals surface area contributed by atoms with E-state index in [1.54, 1.807) is 0 Å². The SMILES string of the molecule is N#Cc1cc(F)ccc1NC(=O)NC1CCN(Cc2ccc(Cl)cc2)CC1. The molecular weight excluding hydrogens is 367 g/mol. The second-order valence-corrected chi connectivity index (χ2v) is 7.01. The Morgan fingerprint density at radius 3 is 2.59 bits per heavy atom. The van der Waals surface area contributed by atoms with Crippen molar-refractivity contribution >= 4 is 23.3 Å². The zero-order valence-corrected chi connectivity index (χ0v) is 15.5. The minimum absolute atomic E-state index is 0.0671. The molecule has 1 fully saturated rings. The van der Waals surface area contributed by atoms with E-state index in [1.807, 2.05) is 30.3 Å². The number of benzene rings is 2. The van der Waals surface area contributed by atoms with Gasteiger partial charge < -0.3 is 10.6 Å². The molecule has 0 spiro atoms. The Bertz CT molecular complexity index is 842. The number of halogens is 2. The lowest BCUT2D eigenvalue weighted by molar-refractivity contribution is 0.190. The van der Waals surface area contributed by atoms with Crippen LogP contribution >= 0.6 is 11.6 Å².